The molecule has 0 spiro atoms. The van der Waals surface area contributed by atoms with E-state index < -0.39 is 54.4 Å². The fourth-order valence-corrected chi connectivity index (χ4v) is 1.71. The monoisotopic (exact) mass is 464 g/mol. The van der Waals surface area contributed by atoms with Crippen LogP contribution in [0.25, 0.3) is 0 Å². The van der Waals surface area contributed by atoms with Gasteiger partial charge >= 0.3 is 47.8 Å². The van der Waals surface area contributed by atoms with Crippen LogP contribution in [-0.2, 0) is 4.74 Å². The van der Waals surface area contributed by atoms with Crippen molar-refractivity contribution >= 4 is 0 Å². The number of halogens is 17. The maximum atomic E-state index is 14.1. The highest BCUT2D eigenvalue weighted by Gasteiger charge is 2.97. The van der Waals surface area contributed by atoms with Gasteiger partial charge in [-0.25, -0.2) is 8.78 Å². The van der Waals surface area contributed by atoms with Gasteiger partial charge in [-0.2, -0.15) is 65.9 Å². The van der Waals surface area contributed by atoms with E-state index in [1.54, 1.807) is 0 Å². The molecule has 1 nitrogen and oxygen atoms in total. The lowest BCUT2D eigenvalue weighted by Gasteiger charge is -2.46. The van der Waals surface area contributed by atoms with Crippen molar-refractivity contribution in [3.05, 3.63) is 0 Å². The van der Waals surface area contributed by atoms with Gasteiger partial charge in [0.1, 0.15) is 0 Å². The van der Waals surface area contributed by atoms with E-state index in [-0.39, 0.29) is 6.92 Å². The molecule has 0 aromatic heterocycles. The van der Waals surface area contributed by atoms with Crippen molar-refractivity contribution in [1.82, 2.24) is 0 Å². The van der Waals surface area contributed by atoms with Crippen LogP contribution in [0.15, 0.2) is 0 Å². The standard InChI is InChI=1S/C10H5F17O/c1-2-28-7(18,3(11,8(19,20)21)9(22,23)24)5(14,15)4(12,13)6(16,17)10(25,26)27/h2H2,1H3. The summed E-state index contributed by atoms with van der Waals surface area (Å²) in [4.78, 5) is 0. The van der Waals surface area contributed by atoms with E-state index in [0.717, 1.165) is 0 Å². The largest absolute Gasteiger partial charge is 0.460 e. The second kappa shape index (κ2) is 6.65. The summed E-state index contributed by atoms with van der Waals surface area (Å²) >= 11 is 0. The normalized spacial score (nSPS) is 18.2. The topological polar surface area (TPSA) is 9.23 Å². The smallest absolute Gasteiger partial charge is 0.338 e. The molecule has 170 valence electrons. The van der Waals surface area contributed by atoms with Gasteiger partial charge in [0, 0.05) is 6.61 Å². The molecule has 0 N–H and O–H groups in total. The van der Waals surface area contributed by atoms with E-state index in [1.165, 1.54) is 0 Å². The summed E-state index contributed by atoms with van der Waals surface area (Å²) in [5.74, 6) is -32.7. The first-order valence-electron chi connectivity index (χ1n) is 6.16. The fraction of sp³-hybridized carbons (Fsp3) is 1.00. The average molecular weight is 464 g/mol. The van der Waals surface area contributed by atoms with Crippen LogP contribution < -0.4 is 0 Å². The lowest BCUT2D eigenvalue weighted by molar-refractivity contribution is -0.491. The maximum Gasteiger partial charge on any atom is 0.460 e. The highest BCUT2D eigenvalue weighted by atomic mass is 19.4. The summed E-state index contributed by atoms with van der Waals surface area (Å²) in [5.41, 5.74) is -8.16. The Balaban J connectivity index is 7.19. The zero-order valence-corrected chi connectivity index (χ0v) is 12.5. The Bertz CT molecular complexity index is 540. The van der Waals surface area contributed by atoms with E-state index in [9.17, 15) is 74.6 Å². The third kappa shape index (κ3) is 3.24. The van der Waals surface area contributed by atoms with Gasteiger partial charge in [0.25, 0.3) is 0 Å². The van der Waals surface area contributed by atoms with Crippen molar-refractivity contribution in [2.45, 2.75) is 54.7 Å². The third-order valence-electron chi connectivity index (χ3n) is 3.12. The molecule has 0 bridgehead atoms. The van der Waals surface area contributed by atoms with Crippen LogP contribution in [0.3, 0.4) is 0 Å². The molecule has 0 rings (SSSR count). The SMILES string of the molecule is CCOC(F)(C(F)(F)C(F)(F)C(F)(F)C(F)(F)F)C(F)(C(F)(F)F)C(F)(F)F. The van der Waals surface area contributed by atoms with E-state index >= 15 is 0 Å². The predicted octanol–water partition coefficient (Wildman–Crippen LogP) is 5.99. The van der Waals surface area contributed by atoms with Crippen molar-refractivity contribution in [1.29, 1.82) is 0 Å². The predicted molar refractivity (Wildman–Crippen MR) is 52.3 cm³/mol. The number of rotatable bonds is 6. The molecule has 0 aliphatic carbocycles. The molecule has 18 heteroatoms. The molecule has 0 saturated carbocycles. The second-order valence-electron chi connectivity index (χ2n) is 4.90. The first kappa shape index (κ1) is 26.8. The summed E-state index contributed by atoms with van der Waals surface area (Å²) in [6.45, 7) is -2.20. The zero-order valence-electron chi connectivity index (χ0n) is 12.5. The minimum atomic E-state index is -8.38. The maximum absolute atomic E-state index is 14.1. The van der Waals surface area contributed by atoms with Crippen LogP contribution in [0.1, 0.15) is 6.92 Å². The number of alkyl halides is 17. The Morgan fingerprint density at radius 2 is 0.786 bits per heavy atom. The van der Waals surface area contributed by atoms with Gasteiger partial charge < -0.3 is 4.74 Å². The van der Waals surface area contributed by atoms with Crippen LogP contribution in [0, 0.1) is 0 Å². The Morgan fingerprint density at radius 1 is 0.464 bits per heavy atom. The quantitative estimate of drug-likeness (QED) is 0.439. The summed E-state index contributed by atoms with van der Waals surface area (Å²) in [5, 5.41) is 0. The summed E-state index contributed by atoms with van der Waals surface area (Å²) in [6, 6.07) is 0. The zero-order chi connectivity index (χ0) is 23.4. The molecule has 0 fully saturated rings. The molecule has 1 atom stereocenters. The number of hydrogen-bond acceptors (Lipinski definition) is 1. The van der Waals surface area contributed by atoms with E-state index in [1.807, 2.05) is 0 Å². The lowest BCUT2D eigenvalue weighted by atomic mass is 9.84. The molecular formula is C10H5F17O. The van der Waals surface area contributed by atoms with Gasteiger partial charge in [0.05, 0.1) is 0 Å². The van der Waals surface area contributed by atoms with Crippen molar-refractivity contribution in [3.63, 3.8) is 0 Å². The van der Waals surface area contributed by atoms with Gasteiger partial charge in [0.15, 0.2) is 0 Å². The molecule has 0 aromatic carbocycles. The Morgan fingerprint density at radius 3 is 1.00 bits per heavy atom. The Hall–Kier alpha value is -1.23. The van der Waals surface area contributed by atoms with Gasteiger partial charge in [-0.15, -0.1) is 0 Å². The first-order chi connectivity index (χ1) is 11.8. The minimum Gasteiger partial charge on any atom is -0.338 e. The molecule has 1 unspecified atom stereocenters. The molecule has 0 aliphatic rings. The summed E-state index contributed by atoms with van der Waals surface area (Å²) < 4.78 is 220. The average Bonchev–Trinajstić information content (AvgIpc) is 2.42. The molecule has 0 heterocycles. The number of ether oxygens (including phenoxy) is 1. The number of hydrogen-bond donors (Lipinski definition) is 0. The van der Waals surface area contributed by atoms with Crippen molar-refractivity contribution in [2.75, 3.05) is 6.61 Å². The molecule has 28 heavy (non-hydrogen) atoms. The molecule has 0 aliphatic heterocycles. The van der Waals surface area contributed by atoms with Crippen LogP contribution in [0.2, 0.25) is 0 Å². The van der Waals surface area contributed by atoms with Gasteiger partial charge in [0.2, 0.25) is 0 Å². The molecule has 0 amide bonds. The Kier molecular flexibility index (Phi) is 6.36. The van der Waals surface area contributed by atoms with E-state index in [2.05, 4.69) is 4.74 Å². The van der Waals surface area contributed by atoms with Crippen molar-refractivity contribution in [2.24, 2.45) is 0 Å². The van der Waals surface area contributed by atoms with Crippen LogP contribution in [-0.4, -0.2) is 54.4 Å². The van der Waals surface area contributed by atoms with E-state index in [0.29, 0.717) is 0 Å². The van der Waals surface area contributed by atoms with Gasteiger partial charge in [-0.05, 0) is 6.92 Å². The molecular weight excluding hydrogens is 459 g/mol. The fourth-order valence-electron chi connectivity index (χ4n) is 1.71. The van der Waals surface area contributed by atoms with Crippen molar-refractivity contribution < 1.29 is 79.4 Å². The minimum absolute atomic E-state index is 0.0254. The summed E-state index contributed by atoms with van der Waals surface area (Å²) in [6.07, 6.45) is -23.6. The van der Waals surface area contributed by atoms with Crippen LogP contribution in [0.4, 0.5) is 74.6 Å². The van der Waals surface area contributed by atoms with Crippen LogP contribution in [0.5, 0.6) is 0 Å². The third-order valence-corrected chi connectivity index (χ3v) is 3.12. The van der Waals surface area contributed by atoms with E-state index in [4.69, 9.17) is 0 Å². The van der Waals surface area contributed by atoms with Crippen LogP contribution >= 0.6 is 0 Å². The highest BCUT2D eigenvalue weighted by molar-refractivity contribution is 5.17. The van der Waals surface area contributed by atoms with Gasteiger partial charge in [-0.1, -0.05) is 0 Å². The molecule has 0 aromatic rings. The molecule has 0 radical (unpaired) electrons. The Labute approximate surface area is 142 Å². The lowest BCUT2D eigenvalue weighted by Crippen LogP contribution is -2.78. The van der Waals surface area contributed by atoms with Gasteiger partial charge in [-0.3, -0.25) is 0 Å². The summed E-state index contributed by atoms with van der Waals surface area (Å²) in [7, 11) is 0. The molecule has 0 saturated heterocycles. The second-order valence-corrected chi connectivity index (χ2v) is 4.90. The highest BCUT2D eigenvalue weighted by Crippen LogP contribution is 2.65. The van der Waals surface area contributed by atoms with Crippen molar-refractivity contribution in [3.8, 4) is 0 Å². The first-order valence-corrected chi connectivity index (χ1v) is 6.16.